The topological polar surface area (TPSA) is 46.2 Å². The Morgan fingerprint density at radius 2 is 1.79 bits per heavy atom. The van der Waals surface area contributed by atoms with Crippen LogP contribution in [-0.2, 0) is 9.59 Å². The van der Waals surface area contributed by atoms with Crippen LogP contribution in [0.15, 0.2) is 30.3 Å². The van der Waals surface area contributed by atoms with Gasteiger partial charge in [-0.2, -0.15) is 0 Å². The third-order valence-electron chi connectivity index (χ3n) is 3.75. The highest BCUT2D eigenvalue weighted by molar-refractivity contribution is 5.91. The number of nitrogens with one attached hydrogen (secondary N) is 1. The van der Waals surface area contributed by atoms with E-state index in [1.807, 2.05) is 44.2 Å². The minimum absolute atomic E-state index is 0.0223. The number of hydrogen-bond acceptors (Lipinski definition) is 2. The second-order valence-corrected chi connectivity index (χ2v) is 5.54. The predicted molar refractivity (Wildman–Crippen MR) is 74.5 cm³/mol. The van der Waals surface area contributed by atoms with Gasteiger partial charge < -0.3 is 5.32 Å². The van der Waals surface area contributed by atoms with Gasteiger partial charge in [0.2, 0.25) is 5.91 Å². The van der Waals surface area contributed by atoms with Crippen molar-refractivity contribution in [1.29, 1.82) is 0 Å². The van der Waals surface area contributed by atoms with E-state index < -0.39 is 6.04 Å². The van der Waals surface area contributed by atoms with Crippen LogP contribution >= 0.6 is 0 Å². The Labute approximate surface area is 114 Å². The van der Waals surface area contributed by atoms with E-state index in [1.54, 1.807) is 0 Å². The molecule has 19 heavy (non-hydrogen) atoms. The third kappa shape index (κ3) is 3.22. The van der Waals surface area contributed by atoms with Gasteiger partial charge in [0.05, 0.1) is 0 Å². The average molecular weight is 259 g/mol. The maximum atomic E-state index is 12.3. The van der Waals surface area contributed by atoms with Crippen LogP contribution < -0.4 is 5.32 Å². The number of hydrogen-bond donors (Lipinski definition) is 1. The van der Waals surface area contributed by atoms with Crippen molar-refractivity contribution in [3.63, 3.8) is 0 Å². The van der Waals surface area contributed by atoms with Crippen LogP contribution in [0.4, 0.5) is 0 Å². The Morgan fingerprint density at radius 3 is 2.26 bits per heavy atom. The predicted octanol–water partition coefficient (Wildman–Crippen LogP) is 2.87. The summed E-state index contributed by atoms with van der Waals surface area (Å²) in [6.07, 6.45) is 3.01. The molecule has 1 aromatic carbocycles. The molecule has 0 aromatic heterocycles. The second kappa shape index (κ2) is 6.00. The number of amides is 1. The summed E-state index contributed by atoms with van der Waals surface area (Å²) in [5.41, 5.74) is 0.869. The van der Waals surface area contributed by atoms with E-state index in [4.69, 9.17) is 0 Å². The van der Waals surface area contributed by atoms with Crippen LogP contribution in [-0.4, -0.2) is 11.7 Å². The first-order valence-electron chi connectivity index (χ1n) is 6.98. The molecule has 0 radical (unpaired) electrons. The van der Waals surface area contributed by atoms with E-state index in [1.165, 1.54) is 0 Å². The lowest BCUT2D eigenvalue weighted by atomic mass is 9.84. The van der Waals surface area contributed by atoms with E-state index >= 15 is 0 Å². The van der Waals surface area contributed by atoms with E-state index in [9.17, 15) is 9.59 Å². The molecule has 1 saturated carbocycles. The lowest BCUT2D eigenvalue weighted by molar-refractivity contribution is -0.133. The normalized spacial score (nSPS) is 16.8. The summed E-state index contributed by atoms with van der Waals surface area (Å²) in [6, 6.07) is 8.98. The van der Waals surface area contributed by atoms with Crippen LogP contribution in [0.3, 0.4) is 0 Å². The van der Waals surface area contributed by atoms with Crippen molar-refractivity contribution in [1.82, 2.24) is 5.32 Å². The van der Waals surface area contributed by atoms with Gasteiger partial charge >= 0.3 is 0 Å². The molecular formula is C16H21NO2. The molecule has 1 aliphatic rings. The Kier molecular flexibility index (Phi) is 4.35. The fraction of sp³-hybridized carbons (Fsp3) is 0.500. The summed E-state index contributed by atoms with van der Waals surface area (Å²) >= 11 is 0. The molecule has 0 unspecified atom stereocenters. The Balaban J connectivity index is 2.14. The molecule has 1 fully saturated rings. The summed E-state index contributed by atoms with van der Waals surface area (Å²) in [5.74, 6) is 0.103. The van der Waals surface area contributed by atoms with Gasteiger partial charge in [0, 0.05) is 11.8 Å². The minimum Gasteiger partial charge on any atom is -0.342 e. The fourth-order valence-electron chi connectivity index (χ4n) is 2.23. The number of ketones is 1. The largest absolute Gasteiger partial charge is 0.342 e. The SMILES string of the molecule is CC(C)C(=O)[C@H](NC(=O)C1CCC1)c1ccccc1. The molecular weight excluding hydrogens is 238 g/mol. The molecule has 0 heterocycles. The zero-order chi connectivity index (χ0) is 13.8. The lowest BCUT2D eigenvalue weighted by Gasteiger charge is -2.27. The third-order valence-corrected chi connectivity index (χ3v) is 3.75. The van der Waals surface area contributed by atoms with Crippen LogP contribution in [0.25, 0.3) is 0 Å². The van der Waals surface area contributed by atoms with Gasteiger partial charge in [-0.25, -0.2) is 0 Å². The summed E-state index contributed by atoms with van der Waals surface area (Å²) < 4.78 is 0. The summed E-state index contributed by atoms with van der Waals surface area (Å²) in [7, 11) is 0. The molecule has 3 heteroatoms. The monoisotopic (exact) mass is 259 g/mol. The number of rotatable bonds is 5. The highest BCUT2D eigenvalue weighted by Gasteiger charge is 2.30. The van der Waals surface area contributed by atoms with Gasteiger partial charge in [-0.15, -0.1) is 0 Å². The number of Topliss-reactive ketones (excluding diaryl/α,β-unsaturated/α-hetero) is 1. The minimum atomic E-state index is -0.505. The Morgan fingerprint density at radius 1 is 1.16 bits per heavy atom. The van der Waals surface area contributed by atoms with Crippen LogP contribution in [0, 0.1) is 11.8 Å². The summed E-state index contributed by atoms with van der Waals surface area (Å²) in [4.78, 5) is 24.4. The van der Waals surface area contributed by atoms with Gasteiger partial charge in [-0.1, -0.05) is 50.6 Å². The van der Waals surface area contributed by atoms with Gasteiger partial charge in [-0.3, -0.25) is 9.59 Å². The van der Waals surface area contributed by atoms with Crippen molar-refractivity contribution in [3.05, 3.63) is 35.9 Å². The molecule has 0 bridgehead atoms. The van der Waals surface area contributed by atoms with Gasteiger partial charge in [-0.05, 0) is 18.4 Å². The first kappa shape index (κ1) is 13.8. The number of carbonyl (C=O) groups is 2. The molecule has 0 saturated heterocycles. The highest BCUT2D eigenvalue weighted by atomic mass is 16.2. The van der Waals surface area contributed by atoms with Crippen LogP contribution in [0.2, 0.25) is 0 Å². The first-order chi connectivity index (χ1) is 9.09. The first-order valence-corrected chi connectivity index (χ1v) is 6.98. The average Bonchev–Trinajstić information content (AvgIpc) is 2.34. The zero-order valence-electron chi connectivity index (χ0n) is 11.6. The van der Waals surface area contributed by atoms with Crippen LogP contribution in [0.5, 0.6) is 0 Å². The van der Waals surface area contributed by atoms with Crippen molar-refractivity contribution >= 4 is 11.7 Å². The molecule has 1 amide bonds. The maximum Gasteiger partial charge on any atom is 0.223 e. The van der Waals surface area contributed by atoms with E-state index in [0.717, 1.165) is 24.8 Å². The highest BCUT2D eigenvalue weighted by Crippen LogP contribution is 2.28. The Hall–Kier alpha value is -1.64. The summed E-state index contributed by atoms with van der Waals surface area (Å²) in [6.45, 7) is 3.74. The zero-order valence-corrected chi connectivity index (χ0v) is 11.6. The molecule has 102 valence electrons. The van der Waals surface area contributed by atoms with Crippen molar-refractivity contribution in [3.8, 4) is 0 Å². The van der Waals surface area contributed by atoms with Gasteiger partial charge in [0.15, 0.2) is 5.78 Å². The fourth-order valence-corrected chi connectivity index (χ4v) is 2.23. The smallest absolute Gasteiger partial charge is 0.223 e. The van der Waals surface area contributed by atoms with E-state index in [-0.39, 0.29) is 23.5 Å². The van der Waals surface area contributed by atoms with Crippen LogP contribution in [0.1, 0.15) is 44.7 Å². The van der Waals surface area contributed by atoms with Crippen molar-refractivity contribution < 1.29 is 9.59 Å². The van der Waals surface area contributed by atoms with Crippen molar-refractivity contribution in [2.45, 2.75) is 39.2 Å². The van der Waals surface area contributed by atoms with Crippen molar-refractivity contribution in [2.24, 2.45) is 11.8 Å². The van der Waals surface area contributed by atoms with Gasteiger partial charge in [0.1, 0.15) is 6.04 Å². The Bertz CT molecular complexity index is 449. The summed E-state index contributed by atoms with van der Waals surface area (Å²) in [5, 5.41) is 2.93. The molecule has 1 aliphatic carbocycles. The molecule has 2 rings (SSSR count). The molecule has 3 nitrogen and oxygen atoms in total. The molecule has 1 aromatic rings. The van der Waals surface area contributed by atoms with Gasteiger partial charge in [0.25, 0.3) is 0 Å². The van der Waals surface area contributed by atoms with Crippen molar-refractivity contribution in [2.75, 3.05) is 0 Å². The molecule has 1 atom stereocenters. The number of carbonyl (C=O) groups excluding carboxylic acids is 2. The quantitative estimate of drug-likeness (QED) is 0.883. The second-order valence-electron chi connectivity index (χ2n) is 5.54. The molecule has 0 spiro atoms. The van der Waals surface area contributed by atoms with E-state index in [0.29, 0.717) is 0 Å². The lowest BCUT2D eigenvalue weighted by Crippen LogP contribution is -2.41. The number of benzene rings is 1. The van der Waals surface area contributed by atoms with E-state index in [2.05, 4.69) is 5.32 Å². The maximum absolute atomic E-state index is 12.3. The molecule has 1 N–H and O–H groups in total. The molecule has 0 aliphatic heterocycles. The standard InChI is InChI=1S/C16H21NO2/c1-11(2)15(18)14(12-7-4-3-5-8-12)17-16(19)13-9-6-10-13/h3-5,7-8,11,13-14H,6,9-10H2,1-2H3,(H,17,19)/t14-/m1/s1.